The maximum absolute atomic E-state index is 12.0. The van der Waals surface area contributed by atoms with Crippen molar-refractivity contribution in [2.45, 2.75) is 6.10 Å². The molecule has 0 aliphatic carbocycles. The summed E-state index contributed by atoms with van der Waals surface area (Å²) < 4.78 is 28.6. The lowest BCUT2D eigenvalue weighted by Crippen LogP contribution is -2.59. The number of nitrogens with one attached hydrogen (secondary N) is 1. The molecule has 3 saturated heterocycles. The minimum atomic E-state index is -1.71. The number of anilines is 1. The highest BCUT2D eigenvalue weighted by Gasteiger charge is 2.66. The Morgan fingerprint density at radius 1 is 1.38 bits per heavy atom. The van der Waals surface area contributed by atoms with Gasteiger partial charge in [0.25, 0.3) is 0 Å². The Kier molecular flexibility index (Phi) is 3.88. The predicted octanol–water partition coefficient (Wildman–Crippen LogP) is 0.955. The second-order valence-electron chi connectivity index (χ2n) is 6.41. The molecule has 3 aliphatic heterocycles. The van der Waals surface area contributed by atoms with Gasteiger partial charge in [-0.1, -0.05) is 6.07 Å². The van der Waals surface area contributed by atoms with E-state index in [1.54, 1.807) is 31.4 Å². The first-order chi connectivity index (χ1) is 11.6. The van der Waals surface area contributed by atoms with Crippen LogP contribution in [0.5, 0.6) is 5.75 Å². The summed E-state index contributed by atoms with van der Waals surface area (Å²) in [5.41, 5.74) is 0.615. The summed E-state index contributed by atoms with van der Waals surface area (Å²) in [6, 6.07) is 7.09. The van der Waals surface area contributed by atoms with Gasteiger partial charge < -0.3 is 27.8 Å². The van der Waals surface area contributed by atoms with Crippen LogP contribution in [0, 0.1) is 0 Å². The fraction of sp³-hybridized carbons (Fsp3) is 0.533. The molecule has 130 valence electrons. The molecule has 3 heterocycles. The molecule has 3 fully saturated rings. The Balaban J connectivity index is 1.31. The number of rotatable bonds is 4. The number of amides is 1. The van der Waals surface area contributed by atoms with Crippen molar-refractivity contribution >= 4 is 18.7 Å². The highest BCUT2D eigenvalue weighted by molar-refractivity contribution is 6.54. The van der Waals surface area contributed by atoms with Crippen LogP contribution in [0.3, 0.4) is 0 Å². The summed E-state index contributed by atoms with van der Waals surface area (Å²) in [6.45, 7) is 2.33. The van der Waals surface area contributed by atoms with Gasteiger partial charge in [0, 0.05) is 11.8 Å². The van der Waals surface area contributed by atoms with E-state index in [0.717, 1.165) is 19.6 Å². The number of hydrogen-bond donors (Lipinski definition) is 1. The molecule has 1 N–H and O–H groups in total. The normalized spacial score (nSPS) is 33.8. The Morgan fingerprint density at radius 2 is 2.17 bits per heavy atom. The van der Waals surface area contributed by atoms with Crippen molar-refractivity contribution in [1.29, 1.82) is 0 Å². The van der Waals surface area contributed by atoms with Crippen LogP contribution in [-0.4, -0.2) is 70.0 Å². The first-order valence-electron chi connectivity index (χ1n) is 8.17. The van der Waals surface area contributed by atoms with Gasteiger partial charge in [0.15, 0.2) is 0 Å². The van der Waals surface area contributed by atoms with E-state index in [9.17, 15) is 4.79 Å². The molecule has 24 heavy (non-hydrogen) atoms. The summed E-state index contributed by atoms with van der Waals surface area (Å²) >= 11 is 0. The summed E-state index contributed by atoms with van der Waals surface area (Å²) in [5, 5.41) is 2.68. The molecule has 0 aromatic heterocycles. The molecule has 1 aromatic rings. The van der Waals surface area contributed by atoms with Crippen molar-refractivity contribution in [2.75, 3.05) is 51.9 Å². The van der Waals surface area contributed by atoms with Crippen molar-refractivity contribution in [3.8, 4) is 5.75 Å². The topological polar surface area (TPSA) is 75.3 Å². The van der Waals surface area contributed by atoms with Crippen molar-refractivity contribution in [1.82, 2.24) is 0 Å². The summed E-state index contributed by atoms with van der Waals surface area (Å²) in [4.78, 5) is 12.0. The number of ether oxygens (including phenoxy) is 2. The van der Waals surface area contributed by atoms with E-state index in [1.807, 2.05) is 0 Å². The van der Waals surface area contributed by atoms with Crippen molar-refractivity contribution in [2.24, 2.45) is 0 Å². The van der Waals surface area contributed by atoms with Gasteiger partial charge in [-0.15, -0.1) is 0 Å². The second kappa shape index (κ2) is 5.93. The first kappa shape index (κ1) is 15.7. The van der Waals surface area contributed by atoms with Crippen molar-refractivity contribution in [3.63, 3.8) is 0 Å². The molecule has 0 spiro atoms. The van der Waals surface area contributed by atoms with E-state index in [-0.39, 0.29) is 12.7 Å². The highest BCUT2D eigenvalue weighted by atomic mass is 16.8. The first-order valence-corrected chi connectivity index (χ1v) is 8.17. The zero-order valence-corrected chi connectivity index (χ0v) is 13.6. The Hall–Kier alpha value is -1.81. The number of quaternary nitrogens is 1. The molecule has 1 atom stereocenters. The van der Waals surface area contributed by atoms with Gasteiger partial charge in [-0.2, -0.15) is 0 Å². The smallest absolute Gasteiger partial charge is 0.497 e. The minimum absolute atomic E-state index is 0.173. The monoisotopic (exact) mass is 336 g/mol. The van der Waals surface area contributed by atoms with Crippen LogP contribution in [0.15, 0.2) is 24.3 Å². The second-order valence-corrected chi connectivity index (χ2v) is 6.41. The van der Waals surface area contributed by atoms with Crippen molar-refractivity contribution in [3.05, 3.63) is 24.3 Å². The molecule has 0 saturated carbocycles. The zero-order valence-electron chi connectivity index (χ0n) is 13.6. The lowest BCUT2D eigenvalue weighted by atomic mass is 9.94. The Morgan fingerprint density at radius 3 is 2.88 bits per heavy atom. The summed E-state index contributed by atoms with van der Waals surface area (Å²) in [5.74, 6) is 0.667. The number of benzene rings is 1. The predicted molar refractivity (Wildman–Crippen MR) is 85.4 cm³/mol. The van der Waals surface area contributed by atoms with Gasteiger partial charge in [-0.3, -0.25) is 5.32 Å². The quantitative estimate of drug-likeness (QED) is 0.826. The fourth-order valence-electron chi connectivity index (χ4n) is 3.89. The highest BCUT2D eigenvalue weighted by Crippen LogP contribution is 2.41. The molecule has 9 heteroatoms. The summed E-state index contributed by atoms with van der Waals surface area (Å²) in [7, 11) is 1.57. The molecular formula is C15H21BN2O6. The number of carbonyl (C=O) groups excluding carboxylic acids is 1. The average molecular weight is 336 g/mol. The maximum Gasteiger partial charge on any atom is 0.625 e. The van der Waals surface area contributed by atoms with E-state index < -0.39 is 13.0 Å². The van der Waals surface area contributed by atoms with Crippen LogP contribution in [0.1, 0.15) is 0 Å². The number of hydrogen-bond acceptors (Lipinski definition) is 6. The van der Waals surface area contributed by atoms with Crippen LogP contribution in [0.2, 0.25) is 0 Å². The van der Waals surface area contributed by atoms with Crippen LogP contribution in [0.25, 0.3) is 0 Å². The SMILES string of the molecule is COc1cccc(NC(=O)OC[C@@H]2C[N+]34CCO[B-]3(OCC4)O2)c1. The third kappa shape index (κ3) is 2.53. The lowest BCUT2D eigenvalue weighted by Gasteiger charge is -2.37. The van der Waals surface area contributed by atoms with Crippen molar-refractivity contribution < 1.29 is 32.6 Å². The molecule has 0 radical (unpaired) electrons. The third-order valence-corrected chi connectivity index (χ3v) is 5.05. The molecule has 8 nitrogen and oxygen atoms in total. The zero-order chi connectivity index (χ0) is 16.6. The van der Waals surface area contributed by atoms with E-state index in [4.69, 9.17) is 23.4 Å². The van der Waals surface area contributed by atoms with E-state index in [0.29, 0.717) is 29.0 Å². The fourth-order valence-corrected chi connectivity index (χ4v) is 3.89. The van der Waals surface area contributed by atoms with E-state index >= 15 is 0 Å². The van der Waals surface area contributed by atoms with Gasteiger partial charge in [0.05, 0.1) is 40.0 Å². The number of methoxy groups -OCH3 is 1. The Labute approximate surface area is 140 Å². The molecule has 4 rings (SSSR count). The van der Waals surface area contributed by atoms with Crippen LogP contribution in [0.4, 0.5) is 10.5 Å². The van der Waals surface area contributed by atoms with Gasteiger partial charge in [0.2, 0.25) is 0 Å². The molecule has 0 unspecified atom stereocenters. The minimum Gasteiger partial charge on any atom is -0.497 e. The lowest BCUT2D eigenvalue weighted by molar-refractivity contribution is -0.816. The molecule has 0 bridgehead atoms. The van der Waals surface area contributed by atoms with Crippen LogP contribution in [-0.2, 0) is 18.7 Å². The Bertz CT molecular complexity index is 612. The maximum atomic E-state index is 12.0. The van der Waals surface area contributed by atoms with E-state index in [2.05, 4.69) is 5.32 Å². The molecule has 1 aromatic carbocycles. The average Bonchev–Trinajstić information content (AvgIpc) is 3.14. The van der Waals surface area contributed by atoms with Crippen LogP contribution >= 0.6 is 0 Å². The van der Waals surface area contributed by atoms with Gasteiger partial charge in [0.1, 0.15) is 18.5 Å². The van der Waals surface area contributed by atoms with Gasteiger partial charge >= 0.3 is 13.0 Å². The molecule has 3 aliphatic rings. The van der Waals surface area contributed by atoms with Gasteiger partial charge in [-0.05, 0) is 12.1 Å². The number of carbonyl (C=O) groups is 1. The van der Waals surface area contributed by atoms with Crippen LogP contribution < -0.4 is 10.1 Å². The largest absolute Gasteiger partial charge is 0.625 e. The molecular weight excluding hydrogens is 315 g/mol. The molecule has 1 amide bonds. The third-order valence-electron chi connectivity index (χ3n) is 5.05. The standard InChI is InChI=1S/C15H21BN2O6/c1-20-13-4-2-3-12(9-13)17-15(19)21-11-14-10-18-5-7-22-16(18,24-14)23-8-6-18/h2-4,9,14H,5-8,10-11H2,1H3,(H,17,19)/t14-,16?,18?/m0/s1. The number of nitrogens with zero attached hydrogens (tertiary/aromatic N) is 1. The van der Waals surface area contributed by atoms with E-state index in [1.165, 1.54) is 0 Å². The summed E-state index contributed by atoms with van der Waals surface area (Å²) in [6.07, 6.45) is -0.729. The van der Waals surface area contributed by atoms with Gasteiger partial charge in [-0.25, -0.2) is 4.79 Å².